The van der Waals surface area contributed by atoms with Crippen molar-refractivity contribution in [1.82, 2.24) is 0 Å². The van der Waals surface area contributed by atoms with Gasteiger partial charge in [0.1, 0.15) is 0 Å². The fourth-order valence-electron chi connectivity index (χ4n) is 4.18. The van der Waals surface area contributed by atoms with E-state index in [4.69, 9.17) is 0 Å². The molecule has 2 aliphatic rings. The lowest BCUT2D eigenvalue weighted by atomic mass is 10.1. The molecular weight excluding hydrogens is 378 g/mol. The smallest absolute Gasteiger partial charge is 0.229 e. The molecule has 0 saturated carbocycles. The predicted molar refractivity (Wildman–Crippen MR) is 118 cm³/mol. The van der Waals surface area contributed by atoms with Crippen molar-refractivity contribution in [3.05, 3.63) is 53.1 Å². The minimum atomic E-state index is -0.404. The highest BCUT2D eigenvalue weighted by atomic mass is 16.2. The largest absolute Gasteiger partial charge is 0.326 e. The van der Waals surface area contributed by atoms with Crippen LogP contribution in [0.4, 0.5) is 17.1 Å². The number of hydrogen-bond donors (Lipinski definition) is 2. The van der Waals surface area contributed by atoms with E-state index < -0.39 is 5.92 Å². The molecule has 1 aliphatic heterocycles. The summed E-state index contributed by atoms with van der Waals surface area (Å²) in [4.78, 5) is 38.9. The standard InChI is InChI=1S/C24H27N3O3/c1-3-22(28)25-19-9-7-15(2)21(13-19)26-24(30)18-12-23(29)27(14-18)20-10-8-16-5-4-6-17(16)11-20/h7-11,13,18H,3-6,12,14H2,1-2H3,(H,25,28)(H,26,30). The summed E-state index contributed by atoms with van der Waals surface area (Å²) >= 11 is 0. The van der Waals surface area contributed by atoms with Crippen molar-refractivity contribution in [3.63, 3.8) is 0 Å². The SMILES string of the molecule is CCC(=O)Nc1ccc(C)c(NC(=O)C2CC(=O)N(c3ccc4c(c3)CCC4)C2)c1. The van der Waals surface area contributed by atoms with E-state index in [0.717, 1.165) is 30.5 Å². The number of benzene rings is 2. The second kappa shape index (κ2) is 8.30. The van der Waals surface area contributed by atoms with Crippen molar-refractivity contribution in [1.29, 1.82) is 0 Å². The lowest BCUT2D eigenvalue weighted by Crippen LogP contribution is -2.28. The maximum absolute atomic E-state index is 12.9. The number of hydrogen-bond acceptors (Lipinski definition) is 3. The van der Waals surface area contributed by atoms with E-state index in [9.17, 15) is 14.4 Å². The van der Waals surface area contributed by atoms with Crippen molar-refractivity contribution in [2.75, 3.05) is 22.1 Å². The molecule has 4 rings (SSSR count). The van der Waals surface area contributed by atoms with Gasteiger partial charge < -0.3 is 15.5 Å². The van der Waals surface area contributed by atoms with E-state index in [-0.39, 0.29) is 24.1 Å². The van der Waals surface area contributed by atoms with E-state index in [0.29, 0.717) is 24.3 Å². The number of nitrogens with one attached hydrogen (secondary N) is 2. The summed E-state index contributed by atoms with van der Waals surface area (Å²) in [5.74, 6) is -0.676. The van der Waals surface area contributed by atoms with Gasteiger partial charge in [-0.3, -0.25) is 14.4 Å². The molecule has 2 aromatic carbocycles. The molecule has 0 bridgehead atoms. The van der Waals surface area contributed by atoms with E-state index in [1.54, 1.807) is 17.9 Å². The van der Waals surface area contributed by atoms with Crippen LogP contribution >= 0.6 is 0 Å². The monoisotopic (exact) mass is 405 g/mol. The van der Waals surface area contributed by atoms with Gasteiger partial charge in [0, 0.05) is 36.4 Å². The molecule has 0 spiro atoms. The average Bonchev–Trinajstić information content (AvgIpc) is 3.36. The van der Waals surface area contributed by atoms with E-state index in [1.165, 1.54) is 11.1 Å². The lowest BCUT2D eigenvalue weighted by Gasteiger charge is -2.18. The van der Waals surface area contributed by atoms with Crippen LogP contribution in [0.1, 0.15) is 42.9 Å². The maximum atomic E-state index is 12.9. The van der Waals surface area contributed by atoms with Crippen LogP contribution in [0.5, 0.6) is 0 Å². The van der Waals surface area contributed by atoms with Crippen molar-refractivity contribution >= 4 is 34.8 Å². The summed E-state index contributed by atoms with van der Waals surface area (Å²) in [6, 6.07) is 11.6. The normalized spacial score (nSPS) is 17.7. The van der Waals surface area contributed by atoms with Gasteiger partial charge in [0.2, 0.25) is 17.7 Å². The van der Waals surface area contributed by atoms with E-state index >= 15 is 0 Å². The lowest BCUT2D eigenvalue weighted by molar-refractivity contribution is -0.122. The molecule has 1 fully saturated rings. The number of carbonyl (C=O) groups excluding carboxylic acids is 3. The van der Waals surface area contributed by atoms with Crippen molar-refractivity contribution < 1.29 is 14.4 Å². The second-order valence-corrected chi connectivity index (χ2v) is 8.13. The third-order valence-corrected chi connectivity index (χ3v) is 5.99. The van der Waals surface area contributed by atoms with Crippen LogP contribution in [0, 0.1) is 12.8 Å². The third kappa shape index (κ3) is 4.08. The first-order valence-corrected chi connectivity index (χ1v) is 10.6. The third-order valence-electron chi connectivity index (χ3n) is 5.99. The Morgan fingerprint density at radius 3 is 2.67 bits per heavy atom. The number of nitrogens with zero attached hydrogens (tertiary/aromatic N) is 1. The molecule has 6 nitrogen and oxygen atoms in total. The summed E-state index contributed by atoms with van der Waals surface area (Å²) in [7, 11) is 0. The predicted octanol–water partition coefficient (Wildman–Crippen LogP) is 3.82. The zero-order valence-corrected chi connectivity index (χ0v) is 17.5. The Bertz CT molecular complexity index is 1010. The van der Waals surface area contributed by atoms with Gasteiger partial charge in [-0.05, 0) is 67.1 Å². The van der Waals surface area contributed by atoms with Crippen LogP contribution in [0.15, 0.2) is 36.4 Å². The highest BCUT2D eigenvalue weighted by Crippen LogP contribution is 2.31. The van der Waals surface area contributed by atoms with Gasteiger partial charge in [0.25, 0.3) is 0 Å². The number of carbonyl (C=O) groups is 3. The minimum Gasteiger partial charge on any atom is -0.326 e. The Morgan fingerprint density at radius 1 is 1.07 bits per heavy atom. The van der Waals surface area contributed by atoms with Crippen LogP contribution in [-0.4, -0.2) is 24.3 Å². The molecule has 2 aromatic rings. The van der Waals surface area contributed by atoms with Crippen molar-refractivity contribution in [2.24, 2.45) is 5.92 Å². The Morgan fingerprint density at radius 2 is 1.87 bits per heavy atom. The van der Waals surface area contributed by atoms with Gasteiger partial charge >= 0.3 is 0 Å². The number of anilines is 3. The van der Waals surface area contributed by atoms with Gasteiger partial charge in [0.15, 0.2) is 0 Å². The molecule has 0 radical (unpaired) electrons. The number of amides is 3. The summed E-state index contributed by atoms with van der Waals surface area (Å²) < 4.78 is 0. The van der Waals surface area contributed by atoms with Crippen LogP contribution in [0.2, 0.25) is 0 Å². The van der Waals surface area contributed by atoms with Crippen molar-refractivity contribution in [2.45, 2.75) is 46.0 Å². The maximum Gasteiger partial charge on any atom is 0.229 e. The van der Waals surface area contributed by atoms with Crippen molar-refractivity contribution in [3.8, 4) is 0 Å². The molecule has 1 saturated heterocycles. The van der Waals surface area contributed by atoms with Gasteiger partial charge in [0.05, 0.1) is 5.92 Å². The Kier molecular flexibility index (Phi) is 5.57. The molecule has 1 unspecified atom stereocenters. The Balaban J connectivity index is 1.45. The number of rotatable bonds is 5. The van der Waals surface area contributed by atoms with Gasteiger partial charge in [-0.15, -0.1) is 0 Å². The van der Waals surface area contributed by atoms with Gasteiger partial charge in [-0.25, -0.2) is 0 Å². The quantitative estimate of drug-likeness (QED) is 0.794. The number of fused-ring (bicyclic) bond motifs is 1. The summed E-state index contributed by atoms with van der Waals surface area (Å²) in [6.07, 6.45) is 3.91. The Labute approximate surface area is 176 Å². The average molecular weight is 405 g/mol. The first kappa shape index (κ1) is 20.1. The molecule has 1 atom stereocenters. The zero-order valence-electron chi connectivity index (χ0n) is 17.5. The highest BCUT2D eigenvalue weighted by Gasteiger charge is 2.35. The second-order valence-electron chi connectivity index (χ2n) is 8.13. The number of aryl methyl sites for hydroxylation is 3. The highest BCUT2D eigenvalue weighted by molar-refractivity contribution is 6.04. The minimum absolute atomic E-state index is 0.0196. The molecule has 6 heteroatoms. The topological polar surface area (TPSA) is 78.5 Å². The Hall–Kier alpha value is -3.15. The fraction of sp³-hybridized carbons (Fsp3) is 0.375. The van der Waals surface area contributed by atoms with Gasteiger partial charge in [-0.1, -0.05) is 19.1 Å². The molecule has 1 heterocycles. The summed E-state index contributed by atoms with van der Waals surface area (Å²) in [5.41, 5.74) is 5.76. The van der Waals surface area contributed by atoms with Crippen LogP contribution in [0.3, 0.4) is 0 Å². The summed E-state index contributed by atoms with van der Waals surface area (Å²) in [5, 5.41) is 5.75. The first-order valence-electron chi connectivity index (χ1n) is 10.6. The molecule has 1 aliphatic carbocycles. The molecule has 30 heavy (non-hydrogen) atoms. The van der Waals surface area contributed by atoms with E-state index in [1.807, 2.05) is 25.1 Å². The van der Waals surface area contributed by atoms with Crippen LogP contribution in [-0.2, 0) is 27.2 Å². The zero-order chi connectivity index (χ0) is 21.3. The first-order chi connectivity index (χ1) is 14.4. The molecule has 156 valence electrons. The fourth-order valence-corrected chi connectivity index (χ4v) is 4.18. The van der Waals surface area contributed by atoms with E-state index in [2.05, 4.69) is 22.8 Å². The van der Waals surface area contributed by atoms with Crippen LogP contribution in [0.25, 0.3) is 0 Å². The molecule has 0 aromatic heterocycles. The van der Waals surface area contributed by atoms with Gasteiger partial charge in [-0.2, -0.15) is 0 Å². The van der Waals surface area contributed by atoms with Crippen LogP contribution < -0.4 is 15.5 Å². The molecule has 3 amide bonds. The summed E-state index contributed by atoms with van der Waals surface area (Å²) in [6.45, 7) is 4.07. The molecule has 2 N–H and O–H groups in total. The molecular formula is C24H27N3O3.